The maximum atomic E-state index is 12.6. The van der Waals surface area contributed by atoms with Crippen molar-refractivity contribution in [2.45, 2.75) is 18.9 Å². The van der Waals surface area contributed by atoms with E-state index in [1.165, 1.54) is 11.3 Å². The van der Waals surface area contributed by atoms with Crippen molar-refractivity contribution < 1.29 is 9.53 Å². The fourth-order valence-electron chi connectivity index (χ4n) is 2.58. The molecule has 0 spiro atoms. The molecule has 1 aromatic carbocycles. The number of carbonyl (C=O) groups excluding carboxylic acids is 1. The van der Waals surface area contributed by atoms with E-state index in [2.05, 4.69) is 0 Å². The van der Waals surface area contributed by atoms with Gasteiger partial charge < -0.3 is 15.4 Å². The van der Waals surface area contributed by atoms with Crippen molar-refractivity contribution >= 4 is 33.0 Å². The van der Waals surface area contributed by atoms with Crippen LogP contribution in [0.2, 0.25) is 0 Å². The summed E-state index contributed by atoms with van der Waals surface area (Å²) in [6, 6.07) is 7.98. The highest BCUT2D eigenvalue weighted by Gasteiger charge is 2.24. The molecule has 1 aromatic heterocycles. The SMILES string of the molecule is CN(C(=O)c1cc2cc(N)ccc2s1)C1CCOCC1. The van der Waals surface area contributed by atoms with Gasteiger partial charge in [0.05, 0.1) is 4.88 Å². The van der Waals surface area contributed by atoms with Crippen molar-refractivity contribution in [1.82, 2.24) is 4.90 Å². The predicted octanol–water partition coefficient (Wildman–Crippen LogP) is 2.73. The third-order valence-electron chi connectivity index (χ3n) is 3.81. The summed E-state index contributed by atoms with van der Waals surface area (Å²) in [4.78, 5) is 15.2. The number of hydrogen-bond acceptors (Lipinski definition) is 4. The van der Waals surface area contributed by atoms with Crippen LogP contribution in [0, 0.1) is 0 Å². The molecule has 2 heterocycles. The molecule has 106 valence electrons. The van der Waals surface area contributed by atoms with Gasteiger partial charge >= 0.3 is 0 Å². The third kappa shape index (κ3) is 2.51. The number of thiophene rings is 1. The normalized spacial score (nSPS) is 16.4. The zero-order valence-corrected chi connectivity index (χ0v) is 12.3. The standard InChI is InChI=1S/C15H18N2O2S/c1-17(12-4-6-19-7-5-12)15(18)14-9-10-8-11(16)2-3-13(10)20-14/h2-3,8-9,12H,4-7,16H2,1H3. The van der Waals surface area contributed by atoms with Gasteiger partial charge in [0, 0.05) is 36.7 Å². The van der Waals surface area contributed by atoms with E-state index < -0.39 is 0 Å². The number of amides is 1. The van der Waals surface area contributed by atoms with Crippen molar-refractivity contribution in [3.05, 3.63) is 29.1 Å². The molecule has 1 aliphatic heterocycles. The van der Waals surface area contributed by atoms with Crippen LogP contribution in [0.25, 0.3) is 10.1 Å². The molecule has 0 atom stereocenters. The maximum Gasteiger partial charge on any atom is 0.263 e. The Balaban J connectivity index is 1.84. The van der Waals surface area contributed by atoms with Crippen LogP contribution >= 0.6 is 11.3 Å². The molecule has 0 bridgehead atoms. The minimum atomic E-state index is 0.0941. The van der Waals surface area contributed by atoms with Crippen LogP contribution in [0.5, 0.6) is 0 Å². The van der Waals surface area contributed by atoms with E-state index in [4.69, 9.17) is 10.5 Å². The number of benzene rings is 1. The second-order valence-electron chi connectivity index (χ2n) is 5.17. The fraction of sp³-hybridized carbons (Fsp3) is 0.400. The summed E-state index contributed by atoms with van der Waals surface area (Å²) in [5.41, 5.74) is 6.51. The van der Waals surface area contributed by atoms with Crippen molar-refractivity contribution in [3.63, 3.8) is 0 Å². The number of rotatable bonds is 2. The van der Waals surface area contributed by atoms with Gasteiger partial charge in [0.1, 0.15) is 0 Å². The van der Waals surface area contributed by atoms with Crippen LogP contribution < -0.4 is 5.73 Å². The molecule has 20 heavy (non-hydrogen) atoms. The maximum absolute atomic E-state index is 12.6. The number of nitrogens with zero attached hydrogens (tertiary/aromatic N) is 1. The van der Waals surface area contributed by atoms with Crippen LogP contribution in [-0.4, -0.2) is 37.1 Å². The van der Waals surface area contributed by atoms with Crippen LogP contribution in [0.3, 0.4) is 0 Å². The van der Waals surface area contributed by atoms with Crippen molar-refractivity contribution in [2.75, 3.05) is 26.0 Å². The van der Waals surface area contributed by atoms with E-state index in [-0.39, 0.29) is 11.9 Å². The molecule has 1 amide bonds. The van der Waals surface area contributed by atoms with Crippen LogP contribution in [-0.2, 0) is 4.74 Å². The van der Waals surface area contributed by atoms with Gasteiger partial charge in [0.2, 0.25) is 0 Å². The Kier molecular flexibility index (Phi) is 3.63. The minimum Gasteiger partial charge on any atom is -0.399 e. The predicted molar refractivity (Wildman–Crippen MR) is 82.2 cm³/mol. The van der Waals surface area contributed by atoms with E-state index in [9.17, 15) is 4.79 Å². The summed E-state index contributed by atoms with van der Waals surface area (Å²) in [6.07, 6.45) is 1.83. The molecule has 0 saturated carbocycles. The summed E-state index contributed by atoms with van der Waals surface area (Å²) in [6.45, 7) is 1.48. The van der Waals surface area contributed by atoms with Gasteiger partial charge in [-0.1, -0.05) is 0 Å². The first-order valence-corrected chi connectivity index (χ1v) is 7.61. The third-order valence-corrected chi connectivity index (χ3v) is 4.91. The number of nitrogens with two attached hydrogens (primary N) is 1. The Labute approximate surface area is 122 Å². The first-order chi connectivity index (χ1) is 9.65. The average Bonchev–Trinajstić information content (AvgIpc) is 2.89. The van der Waals surface area contributed by atoms with E-state index in [0.29, 0.717) is 0 Å². The molecule has 2 aromatic rings. The largest absolute Gasteiger partial charge is 0.399 e. The van der Waals surface area contributed by atoms with E-state index in [1.807, 2.05) is 36.2 Å². The number of carbonyl (C=O) groups is 1. The van der Waals surface area contributed by atoms with Crippen molar-refractivity contribution in [1.29, 1.82) is 0 Å². The zero-order chi connectivity index (χ0) is 14.1. The quantitative estimate of drug-likeness (QED) is 0.865. The Bertz CT molecular complexity index is 632. The molecule has 0 radical (unpaired) electrons. The monoisotopic (exact) mass is 290 g/mol. The molecule has 1 aliphatic rings. The lowest BCUT2D eigenvalue weighted by Gasteiger charge is -2.30. The van der Waals surface area contributed by atoms with Gasteiger partial charge in [-0.05, 0) is 42.5 Å². The Hall–Kier alpha value is -1.59. The lowest BCUT2D eigenvalue weighted by Crippen LogP contribution is -2.40. The molecule has 0 unspecified atom stereocenters. The number of hydrogen-bond donors (Lipinski definition) is 1. The topological polar surface area (TPSA) is 55.6 Å². The summed E-state index contributed by atoms with van der Waals surface area (Å²) in [5, 5.41) is 1.04. The number of ether oxygens (including phenoxy) is 1. The minimum absolute atomic E-state index is 0.0941. The van der Waals surface area contributed by atoms with Gasteiger partial charge in [-0.15, -0.1) is 11.3 Å². The summed E-state index contributed by atoms with van der Waals surface area (Å²) >= 11 is 1.53. The molecular weight excluding hydrogens is 272 g/mol. The zero-order valence-electron chi connectivity index (χ0n) is 11.5. The van der Waals surface area contributed by atoms with Crippen LogP contribution in [0.4, 0.5) is 5.69 Å². The van der Waals surface area contributed by atoms with Crippen LogP contribution in [0.1, 0.15) is 22.5 Å². The molecule has 2 N–H and O–H groups in total. The van der Waals surface area contributed by atoms with Crippen molar-refractivity contribution in [3.8, 4) is 0 Å². The summed E-state index contributed by atoms with van der Waals surface area (Å²) in [5.74, 6) is 0.0941. The number of anilines is 1. The number of nitrogen functional groups attached to an aromatic ring is 1. The van der Waals surface area contributed by atoms with E-state index >= 15 is 0 Å². The summed E-state index contributed by atoms with van der Waals surface area (Å²) < 4.78 is 6.45. The van der Waals surface area contributed by atoms with Gasteiger partial charge in [0.15, 0.2) is 0 Å². The lowest BCUT2D eigenvalue weighted by atomic mass is 10.1. The highest BCUT2D eigenvalue weighted by atomic mass is 32.1. The van der Waals surface area contributed by atoms with Gasteiger partial charge in [-0.25, -0.2) is 0 Å². The average molecular weight is 290 g/mol. The molecule has 5 heteroatoms. The van der Waals surface area contributed by atoms with E-state index in [1.54, 1.807) is 0 Å². The molecule has 1 saturated heterocycles. The second kappa shape index (κ2) is 5.42. The summed E-state index contributed by atoms with van der Waals surface area (Å²) in [7, 11) is 1.89. The first kappa shape index (κ1) is 13.4. The molecular formula is C15H18N2O2S. The Morgan fingerprint density at radius 2 is 2.10 bits per heavy atom. The first-order valence-electron chi connectivity index (χ1n) is 6.79. The lowest BCUT2D eigenvalue weighted by molar-refractivity contribution is 0.0365. The fourth-order valence-corrected chi connectivity index (χ4v) is 3.61. The molecule has 0 aliphatic carbocycles. The van der Waals surface area contributed by atoms with Gasteiger partial charge in [-0.2, -0.15) is 0 Å². The molecule has 4 nitrogen and oxygen atoms in total. The molecule has 3 rings (SSSR count). The van der Waals surface area contributed by atoms with Gasteiger partial charge in [0.25, 0.3) is 5.91 Å². The Morgan fingerprint density at radius 3 is 2.85 bits per heavy atom. The van der Waals surface area contributed by atoms with Crippen LogP contribution in [0.15, 0.2) is 24.3 Å². The van der Waals surface area contributed by atoms with Gasteiger partial charge in [-0.3, -0.25) is 4.79 Å². The highest BCUT2D eigenvalue weighted by Crippen LogP contribution is 2.29. The van der Waals surface area contributed by atoms with E-state index in [0.717, 1.165) is 46.7 Å². The highest BCUT2D eigenvalue weighted by molar-refractivity contribution is 7.20. The Morgan fingerprint density at radius 1 is 1.35 bits per heavy atom. The smallest absolute Gasteiger partial charge is 0.263 e. The second-order valence-corrected chi connectivity index (χ2v) is 6.25. The number of fused-ring (bicyclic) bond motifs is 1. The van der Waals surface area contributed by atoms with Crippen molar-refractivity contribution in [2.24, 2.45) is 0 Å². The molecule has 1 fully saturated rings.